The summed E-state index contributed by atoms with van der Waals surface area (Å²) >= 11 is 6.22. The highest BCUT2D eigenvalue weighted by molar-refractivity contribution is 6.38. The zero-order chi connectivity index (χ0) is 15.8. The van der Waals surface area contributed by atoms with E-state index in [2.05, 4.69) is 29.2 Å². The van der Waals surface area contributed by atoms with Gasteiger partial charge in [0.15, 0.2) is 0 Å². The number of rotatable bonds is 1. The molecule has 4 nitrogen and oxygen atoms in total. The number of aromatic nitrogens is 1. The Morgan fingerprint density at radius 1 is 1.13 bits per heavy atom. The van der Waals surface area contributed by atoms with E-state index >= 15 is 0 Å². The smallest absolute Gasteiger partial charge is 0.292 e. The third-order valence-electron chi connectivity index (χ3n) is 4.11. The zero-order valence-corrected chi connectivity index (χ0v) is 13.1. The number of anilines is 2. The quantitative estimate of drug-likeness (QED) is 0.623. The van der Waals surface area contributed by atoms with Gasteiger partial charge in [-0.15, -0.1) is 0 Å². The van der Waals surface area contributed by atoms with Crippen molar-refractivity contribution in [2.75, 3.05) is 15.9 Å². The van der Waals surface area contributed by atoms with Crippen LogP contribution in [-0.2, 0) is 6.42 Å². The second-order valence-corrected chi connectivity index (χ2v) is 5.84. The Morgan fingerprint density at radius 3 is 2.65 bits per heavy atom. The number of carbonyl (C=O) groups is 1. The van der Waals surface area contributed by atoms with Crippen LogP contribution in [0.3, 0.4) is 0 Å². The van der Waals surface area contributed by atoms with E-state index in [-0.39, 0.29) is 6.03 Å². The normalized spacial score (nSPS) is 13.2. The van der Waals surface area contributed by atoms with Crippen LogP contribution in [0.5, 0.6) is 0 Å². The van der Waals surface area contributed by atoms with Crippen LogP contribution >= 0.6 is 11.8 Å². The lowest BCUT2D eigenvalue weighted by molar-refractivity contribution is 0.255. The number of hydrogen-bond acceptors (Lipinski definition) is 2. The van der Waals surface area contributed by atoms with Crippen LogP contribution in [0.15, 0.2) is 60.9 Å². The SMILES string of the molecule is O=C(N(Cl)c1cccnc1)N1CCc2cc3ccccc3cc21. The molecular weight excluding hydrogens is 310 g/mol. The van der Waals surface area contributed by atoms with Crippen molar-refractivity contribution in [1.82, 2.24) is 4.98 Å². The fourth-order valence-corrected chi connectivity index (χ4v) is 3.16. The van der Waals surface area contributed by atoms with Gasteiger partial charge in [-0.1, -0.05) is 24.3 Å². The number of urea groups is 1. The van der Waals surface area contributed by atoms with E-state index in [0.717, 1.165) is 21.9 Å². The number of fused-ring (bicyclic) bond motifs is 2. The first-order chi connectivity index (χ1) is 11.2. The van der Waals surface area contributed by atoms with Crippen molar-refractivity contribution in [2.24, 2.45) is 0 Å². The van der Waals surface area contributed by atoms with Gasteiger partial charge < -0.3 is 0 Å². The summed E-state index contributed by atoms with van der Waals surface area (Å²) in [6.07, 6.45) is 4.06. The summed E-state index contributed by atoms with van der Waals surface area (Å²) < 4.78 is 1.12. The van der Waals surface area contributed by atoms with E-state index in [1.165, 1.54) is 10.9 Å². The molecule has 0 unspecified atom stereocenters. The number of benzene rings is 2. The van der Waals surface area contributed by atoms with E-state index < -0.39 is 0 Å². The minimum Gasteiger partial charge on any atom is -0.292 e. The molecule has 0 spiro atoms. The van der Waals surface area contributed by atoms with E-state index in [1.54, 1.807) is 29.4 Å². The first kappa shape index (κ1) is 14.0. The summed E-state index contributed by atoms with van der Waals surface area (Å²) in [5.74, 6) is 0. The monoisotopic (exact) mass is 323 g/mol. The van der Waals surface area contributed by atoms with Crippen LogP contribution in [0.2, 0.25) is 0 Å². The van der Waals surface area contributed by atoms with Gasteiger partial charge in [0, 0.05) is 30.2 Å². The Morgan fingerprint density at radius 2 is 1.91 bits per heavy atom. The Labute approximate surface area is 139 Å². The predicted octanol–water partition coefficient (Wildman–Crippen LogP) is 4.38. The van der Waals surface area contributed by atoms with E-state index in [9.17, 15) is 4.79 Å². The molecule has 0 saturated carbocycles. The van der Waals surface area contributed by atoms with Gasteiger partial charge in [0.2, 0.25) is 0 Å². The molecule has 2 aromatic carbocycles. The van der Waals surface area contributed by atoms with Crippen LogP contribution in [0, 0.1) is 0 Å². The Kier molecular flexibility index (Phi) is 3.39. The summed E-state index contributed by atoms with van der Waals surface area (Å²) in [6.45, 7) is 0.633. The highest BCUT2D eigenvalue weighted by atomic mass is 35.5. The summed E-state index contributed by atoms with van der Waals surface area (Å²) in [6, 6.07) is 15.6. The largest absolute Gasteiger partial charge is 0.343 e. The van der Waals surface area contributed by atoms with Gasteiger partial charge in [0.05, 0.1) is 11.9 Å². The fraction of sp³-hybridized carbons (Fsp3) is 0.111. The van der Waals surface area contributed by atoms with Gasteiger partial charge >= 0.3 is 6.03 Å². The van der Waals surface area contributed by atoms with Crippen LogP contribution in [-0.4, -0.2) is 17.6 Å². The first-order valence-electron chi connectivity index (χ1n) is 7.43. The van der Waals surface area contributed by atoms with Crippen molar-refractivity contribution >= 4 is 40.0 Å². The van der Waals surface area contributed by atoms with Gasteiger partial charge in [-0.3, -0.25) is 9.88 Å². The van der Waals surface area contributed by atoms with E-state index in [1.807, 2.05) is 12.1 Å². The third-order valence-corrected chi connectivity index (χ3v) is 4.45. The molecule has 114 valence electrons. The van der Waals surface area contributed by atoms with Gasteiger partial charge in [-0.2, -0.15) is 0 Å². The molecular formula is C18H14ClN3O. The lowest BCUT2D eigenvalue weighted by Crippen LogP contribution is -2.37. The van der Waals surface area contributed by atoms with Crippen LogP contribution in [0.1, 0.15) is 5.56 Å². The maximum Gasteiger partial charge on any atom is 0.343 e. The molecule has 0 radical (unpaired) electrons. The molecule has 0 atom stereocenters. The molecule has 0 bridgehead atoms. The maximum absolute atomic E-state index is 12.7. The highest BCUT2D eigenvalue weighted by Gasteiger charge is 2.29. The third kappa shape index (κ3) is 2.41. The zero-order valence-electron chi connectivity index (χ0n) is 12.3. The lowest BCUT2D eigenvalue weighted by atomic mass is 10.1. The summed E-state index contributed by atoms with van der Waals surface area (Å²) in [5, 5.41) is 2.31. The lowest BCUT2D eigenvalue weighted by Gasteiger charge is -2.22. The van der Waals surface area contributed by atoms with Crippen molar-refractivity contribution in [3.8, 4) is 0 Å². The number of hydrogen-bond donors (Lipinski definition) is 0. The van der Waals surface area contributed by atoms with E-state index in [4.69, 9.17) is 11.8 Å². The molecule has 2 amide bonds. The second-order valence-electron chi connectivity index (χ2n) is 5.50. The molecule has 5 heteroatoms. The summed E-state index contributed by atoms with van der Waals surface area (Å²) in [7, 11) is 0. The van der Waals surface area contributed by atoms with Gasteiger partial charge in [0.25, 0.3) is 0 Å². The minimum atomic E-state index is -0.256. The van der Waals surface area contributed by atoms with E-state index in [0.29, 0.717) is 12.2 Å². The molecule has 0 saturated heterocycles. The second kappa shape index (κ2) is 5.56. The Balaban J connectivity index is 1.70. The highest BCUT2D eigenvalue weighted by Crippen LogP contribution is 2.34. The summed E-state index contributed by atoms with van der Waals surface area (Å²) in [4.78, 5) is 18.5. The number of carbonyl (C=O) groups excluding carboxylic acids is 1. The van der Waals surface area contributed by atoms with Gasteiger partial charge in [-0.25, -0.2) is 9.21 Å². The molecule has 4 rings (SSSR count). The standard InChI is InChI=1S/C18H14ClN3O/c19-22(16-6-3-8-20-12-16)18(23)21-9-7-15-10-13-4-1-2-5-14(13)11-17(15)21/h1-6,8,10-12H,7,9H2. The average Bonchev–Trinajstić information content (AvgIpc) is 3.02. The minimum absolute atomic E-state index is 0.256. The van der Waals surface area contributed by atoms with Crippen molar-refractivity contribution in [3.63, 3.8) is 0 Å². The number of halogens is 1. The molecule has 1 aliphatic rings. The molecule has 0 fully saturated rings. The fourth-order valence-electron chi connectivity index (χ4n) is 2.96. The first-order valence-corrected chi connectivity index (χ1v) is 7.77. The molecule has 1 aliphatic heterocycles. The number of amides is 2. The van der Waals surface area contributed by atoms with Crippen LogP contribution in [0.4, 0.5) is 16.2 Å². The molecule has 23 heavy (non-hydrogen) atoms. The average molecular weight is 324 g/mol. The van der Waals surface area contributed by atoms with Crippen molar-refractivity contribution in [1.29, 1.82) is 0 Å². The topological polar surface area (TPSA) is 36.4 Å². The van der Waals surface area contributed by atoms with Crippen LogP contribution in [0.25, 0.3) is 10.8 Å². The van der Waals surface area contributed by atoms with Crippen molar-refractivity contribution in [2.45, 2.75) is 6.42 Å². The Bertz CT molecular complexity index is 882. The van der Waals surface area contributed by atoms with Crippen molar-refractivity contribution < 1.29 is 4.79 Å². The molecule has 2 heterocycles. The Hall–Kier alpha value is -2.59. The molecule has 0 aliphatic carbocycles. The van der Waals surface area contributed by atoms with Crippen LogP contribution < -0.4 is 9.32 Å². The van der Waals surface area contributed by atoms with Gasteiger partial charge in [0.1, 0.15) is 0 Å². The number of nitrogens with zero attached hydrogens (tertiary/aromatic N) is 3. The predicted molar refractivity (Wildman–Crippen MR) is 93.0 cm³/mol. The molecule has 3 aromatic rings. The van der Waals surface area contributed by atoms with Gasteiger partial charge in [-0.05, 0) is 47.0 Å². The number of pyridine rings is 1. The molecule has 0 N–H and O–H groups in total. The maximum atomic E-state index is 12.7. The molecule has 1 aromatic heterocycles. The summed E-state index contributed by atoms with van der Waals surface area (Å²) in [5.41, 5.74) is 2.67. The van der Waals surface area contributed by atoms with Crippen molar-refractivity contribution in [3.05, 3.63) is 66.5 Å².